The molecule has 0 saturated heterocycles. The van der Waals surface area contributed by atoms with Crippen molar-refractivity contribution >= 4 is 11.6 Å². The topological polar surface area (TPSA) is 44.6 Å². The standard InChI is InChI=1S/C20H29N5/c1-3-21-20(22-10-14-25-12-4-5-13-25)23-16-17-8-9-19-18(15-17)7-6-11-24(19)2/h4-5,8-9,12-13,15H,3,6-7,10-11,14,16H2,1-2H3,(H2,21,22,23). The van der Waals surface area contributed by atoms with Crippen LogP contribution in [0.4, 0.5) is 5.69 Å². The van der Waals surface area contributed by atoms with Crippen LogP contribution in [0, 0.1) is 0 Å². The maximum atomic E-state index is 4.74. The van der Waals surface area contributed by atoms with Gasteiger partial charge in [-0.25, -0.2) is 4.99 Å². The number of hydrogen-bond donors (Lipinski definition) is 2. The Labute approximate surface area is 150 Å². The highest BCUT2D eigenvalue weighted by atomic mass is 15.2. The summed E-state index contributed by atoms with van der Waals surface area (Å²) in [5.41, 5.74) is 4.10. The first-order valence-electron chi connectivity index (χ1n) is 9.22. The van der Waals surface area contributed by atoms with Gasteiger partial charge in [0.15, 0.2) is 5.96 Å². The number of anilines is 1. The van der Waals surface area contributed by atoms with E-state index in [-0.39, 0.29) is 0 Å². The lowest BCUT2D eigenvalue weighted by Crippen LogP contribution is -2.38. The van der Waals surface area contributed by atoms with Gasteiger partial charge >= 0.3 is 0 Å². The zero-order valence-electron chi connectivity index (χ0n) is 15.3. The number of aliphatic imine (C=N–C) groups is 1. The van der Waals surface area contributed by atoms with E-state index in [0.717, 1.165) is 32.1 Å². The largest absolute Gasteiger partial charge is 0.374 e. The highest BCUT2D eigenvalue weighted by molar-refractivity contribution is 5.79. The van der Waals surface area contributed by atoms with Crippen LogP contribution in [0.25, 0.3) is 0 Å². The number of nitrogens with one attached hydrogen (secondary N) is 2. The normalized spacial score (nSPS) is 14.3. The average Bonchev–Trinajstić information content (AvgIpc) is 3.13. The predicted molar refractivity (Wildman–Crippen MR) is 105 cm³/mol. The van der Waals surface area contributed by atoms with Crippen molar-refractivity contribution in [3.05, 3.63) is 53.9 Å². The SMILES string of the molecule is CCNC(=NCc1ccc2c(c1)CCCN2C)NCCn1cccc1. The number of rotatable bonds is 6. The number of aromatic nitrogens is 1. The van der Waals surface area contributed by atoms with Gasteiger partial charge in [-0.1, -0.05) is 12.1 Å². The second-order valence-corrected chi connectivity index (χ2v) is 6.53. The van der Waals surface area contributed by atoms with Crippen LogP contribution in [0.15, 0.2) is 47.7 Å². The second kappa shape index (κ2) is 8.60. The zero-order chi connectivity index (χ0) is 17.5. The third kappa shape index (κ3) is 4.78. The first-order valence-corrected chi connectivity index (χ1v) is 9.22. The summed E-state index contributed by atoms with van der Waals surface area (Å²) in [5, 5.41) is 6.73. The number of benzene rings is 1. The molecule has 0 radical (unpaired) electrons. The molecule has 0 bridgehead atoms. The fourth-order valence-corrected chi connectivity index (χ4v) is 3.27. The monoisotopic (exact) mass is 339 g/mol. The zero-order valence-corrected chi connectivity index (χ0v) is 15.3. The second-order valence-electron chi connectivity index (χ2n) is 6.53. The van der Waals surface area contributed by atoms with E-state index in [4.69, 9.17) is 4.99 Å². The van der Waals surface area contributed by atoms with E-state index < -0.39 is 0 Å². The average molecular weight is 339 g/mol. The maximum Gasteiger partial charge on any atom is 0.191 e. The molecule has 2 N–H and O–H groups in total. The van der Waals surface area contributed by atoms with Crippen LogP contribution in [-0.4, -0.2) is 37.2 Å². The van der Waals surface area contributed by atoms with Crippen molar-refractivity contribution in [2.45, 2.75) is 32.9 Å². The summed E-state index contributed by atoms with van der Waals surface area (Å²) in [6.45, 7) is 6.61. The van der Waals surface area contributed by atoms with Gasteiger partial charge in [0.1, 0.15) is 0 Å². The molecule has 3 rings (SSSR count). The Morgan fingerprint density at radius 3 is 2.84 bits per heavy atom. The maximum absolute atomic E-state index is 4.74. The van der Waals surface area contributed by atoms with Gasteiger partial charge in [-0.05, 0) is 49.1 Å². The van der Waals surface area contributed by atoms with Crippen molar-refractivity contribution < 1.29 is 0 Å². The summed E-state index contributed by atoms with van der Waals surface area (Å²) in [4.78, 5) is 7.09. The van der Waals surface area contributed by atoms with E-state index in [0.29, 0.717) is 6.54 Å². The summed E-state index contributed by atoms with van der Waals surface area (Å²) < 4.78 is 2.16. The van der Waals surface area contributed by atoms with Gasteiger partial charge in [0.2, 0.25) is 0 Å². The molecule has 1 aromatic carbocycles. The van der Waals surface area contributed by atoms with E-state index in [1.807, 2.05) is 12.1 Å². The van der Waals surface area contributed by atoms with Crippen LogP contribution in [0.5, 0.6) is 0 Å². The Balaban J connectivity index is 1.59. The molecule has 1 aliphatic heterocycles. The van der Waals surface area contributed by atoms with E-state index >= 15 is 0 Å². The molecule has 0 amide bonds. The number of fused-ring (bicyclic) bond motifs is 1. The smallest absolute Gasteiger partial charge is 0.191 e. The molecule has 1 aromatic heterocycles. The summed E-state index contributed by atoms with van der Waals surface area (Å²) in [7, 11) is 2.17. The molecule has 134 valence electrons. The Hall–Kier alpha value is -2.43. The molecule has 5 heteroatoms. The van der Waals surface area contributed by atoms with Gasteiger partial charge < -0.3 is 20.1 Å². The fourth-order valence-electron chi connectivity index (χ4n) is 3.27. The molecule has 0 spiro atoms. The van der Waals surface area contributed by atoms with Crippen LogP contribution in [0.1, 0.15) is 24.5 Å². The Morgan fingerprint density at radius 1 is 1.20 bits per heavy atom. The lowest BCUT2D eigenvalue weighted by atomic mass is 10.00. The van der Waals surface area contributed by atoms with Crippen LogP contribution in [-0.2, 0) is 19.5 Å². The van der Waals surface area contributed by atoms with Crippen molar-refractivity contribution in [1.82, 2.24) is 15.2 Å². The fraction of sp³-hybridized carbons (Fsp3) is 0.450. The molecule has 5 nitrogen and oxygen atoms in total. The van der Waals surface area contributed by atoms with Crippen molar-refractivity contribution in [2.24, 2.45) is 4.99 Å². The highest BCUT2D eigenvalue weighted by Crippen LogP contribution is 2.26. The van der Waals surface area contributed by atoms with Crippen LogP contribution in [0.2, 0.25) is 0 Å². The molecular weight excluding hydrogens is 310 g/mol. The number of nitrogens with zero attached hydrogens (tertiary/aromatic N) is 3. The summed E-state index contributed by atoms with van der Waals surface area (Å²) in [6.07, 6.45) is 6.57. The van der Waals surface area contributed by atoms with Gasteiger partial charge in [0, 0.05) is 51.3 Å². The molecule has 2 heterocycles. The van der Waals surface area contributed by atoms with Gasteiger partial charge in [0.05, 0.1) is 6.54 Å². The minimum atomic E-state index is 0.704. The van der Waals surface area contributed by atoms with Crippen LogP contribution in [0.3, 0.4) is 0 Å². The number of aryl methyl sites for hydroxylation is 1. The van der Waals surface area contributed by atoms with E-state index in [1.165, 1.54) is 29.7 Å². The van der Waals surface area contributed by atoms with Gasteiger partial charge in [0.25, 0.3) is 0 Å². The minimum absolute atomic E-state index is 0.704. The first-order chi connectivity index (χ1) is 12.3. The molecule has 0 atom stereocenters. The summed E-state index contributed by atoms with van der Waals surface area (Å²) >= 11 is 0. The Morgan fingerprint density at radius 2 is 2.04 bits per heavy atom. The number of guanidine groups is 1. The van der Waals surface area contributed by atoms with Gasteiger partial charge in [-0.2, -0.15) is 0 Å². The third-order valence-electron chi connectivity index (χ3n) is 4.59. The molecule has 0 unspecified atom stereocenters. The molecular formula is C20H29N5. The summed E-state index contributed by atoms with van der Waals surface area (Å²) in [6, 6.07) is 10.9. The van der Waals surface area contributed by atoms with E-state index in [1.54, 1.807) is 0 Å². The van der Waals surface area contributed by atoms with E-state index in [2.05, 4.69) is 64.7 Å². The Kier molecular flexibility index (Phi) is 5.99. The molecule has 0 aliphatic carbocycles. The van der Waals surface area contributed by atoms with Gasteiger partial charge in [-0.3, -0.25) is 0 Å². The first kappa shape index (κ1) is 17.4. The van der Waals surface area contributed by atoms with Crippen molar-refractivity contribution in [3.8, 4) is 0 Å². The minimum Gasteiger partial charge on any atom is -0.374 e. The molecule has 25 heavy (non-hydrogen) atoms. The predicted octanol–water partition coefficient (Wildman–Crippen LogP) is 2.63. The molecule has 0 saturated carbocycles. The number of hydrogen-bond acceptors (Lipinski definition) is 2. The summed E-state index contributed by atoms with van der Waals surface area (Å²) in [5.74, 6) is 0.879. The van der Waals surface area contributed by atoms with Crippen LogP contribution >= 0.6 is 0 Å². The van der Waals surface area contributed by atoms with Crippen molar-refractivity contribution in [1.29, 1.82) is 0 Å². The lowest BCUT2D eigenvalue weighted by Gasteiger charge is -2.27. The molecule has 0 fully saturated rings. The molecule has 2 aromatic rings. The lowest BCUT2D eigenvalue weighted by molar-refractivity contribution is 0.665. The van der Waals surface area contributed by atoms with Gasteiger partial charge in [-0.15, -0.1) is 0 Å². The molecule has 1 aliphatic rings. The van der Waals surface area contributed by atoms with Crippen molar-refractivity contribution in [3.63, 3.8) is 0 Å². The van der Waals surface area contributed by atoms with Crippen molar-refractivity contribution in [2.75, 3.05) is 31.6 Å². The van der Waals surface area contributed by atoms with E-state index in [9.17, 15) is 0 Å². The quantitative estimate of drug-likeness (QED) is 0.628. The highest BCUT2D eigenvalue weighted by Gasteiger charge is 2.13. The Bertz CT molecular complexity index is 690. The van der Waals surface area contributed by atoms with Crippen LogP contribution < -0.4 is 15.5 Å². The third-order valence-corrected chi connectivity index (χ3v) is 4.59.